The molecule has 2 nitrogen and oxygen atoms in total. The zero-order chi connectivity index (χ0) is 25.0. The predicted octanol–water partition coefficient (Wildman–Crippen LogP) is 10.3. The van der Waals surface area contributed by atoms with Gasteiger partial charge in [-0.25, -0.2) is 0 Å². The van der Waals surface area contributed by atoms with Crippen LogP contribution in [0.2, 0.25) is 0 Å². The van der Waals surface area contributed by atoms with E-state index in [1.165, 1.54) is 181 Å². The van der Waals surface area contributed by atoms with Crippen LogP contribution in [0.1, 0.15) is 169 Å². The first kappa shape index (κ1) is 33.9. The van der Waals surface area contributed by atoms with Gasteiger partial charge in [-0.05, 0) is 77.8 Å². The van der Waals surface area contributed by atoms with Crippen molar-refractivity contribution in [2.45, 2.75) is 169 Å². The average molecular weight is 481 g/mol. The third kappa shape index (κ3) is 25.0. The van der Waals surface area contributed by atoms with Crippen LogP contribution < -0.4 is 0 Å². The van der Waals surface area contributed by atoms with Crippen LogP contribution in [-0.2, 0) is 0 Å². The van der Waals surface area contributed by atoms with Gasteiger partial charge in [0.05, 0.1) is 0 Å². The summed E-state index contributed by atoms with van der Waals surface area (Å²) in [6.07, 6.45) is 31.1. The average Bonchev–Trinajstić information content (AvgIpc) is 2.85. The van der Waals surface area contributed by atoms with E-state index in [1.54, 1.807) is 0 Å². The molecule has 0 heterocycles. The van der Waals surface area contributed by atoms with E-state index in [4.69, 9.17) is 0 Å². The standard InChI is InChI=1S/C32H68N2/c1-5-9-13-21-27-33(28-22-14-10-6-2)31-25-19-17-18-20-26-32-34(29-23-15-11-7-3)30-24-16-12-8-4/h5-32H2,1-4H3. The van der Waals surface area contributed by atoms with Gasteiger partial charge >= 0.3 is 0 Å². The van der Waals surface area contributed by atoms with Gasteiger partial charge < -0.3 is 9.80 Å². The van der Waals surface area contributed by atoms with Crippen molar-refractivity contribution in [2.24, 2.45) is 0 Å². The molecular weight excluding hydrogens is 412 g/mol. The first-order valence-corrected chi connectivity index (χ1v) is 16.2. The van der Waals surface area contributed by atoms with E-state index in [2.05, 4.69) is 37.5 Å². The van der Waals surface area contributed by atoms with E-state index in [-0.39, 0.29) is 0 Å². The van der Waals surface area contributed by atoms with Crippen LogP contribution in [0.25, 0.3) is 0 Å². The second-order valence-corrected chi connectivity index (χ2v) is 11.0. The molecule has 0 saturated heterocycles. The zero-order valence-electron chi connectivity index (χ0n) is 24.7. The summed E-state index contributed by atoms with van der Waals surface area (Å²) in [5.41, 5.74) is 0. The van der Waals surface area contributed by atoms with Gasteiger partial charge in [0.15, 0.2) is 0 Å². The molecule has 0 atom stereocenters. The van der Waals surface area contributed by atoms with Gasteiger partial charge in [-0.15, -0.1) is 0 Å². The SMILES string of the molecule is CCCCCCN(CCCCCC)CCCCCCCCN(CCCCCC)CCCCCC. The molecule has 0 radical (unpaired) electrons. The molecule has 0 rings (SSSR count). The van der Waals surface area contributed by atoms with E-state index < -0.39 is 0 Å². The predicted molar refractivity (Wildman–Crippen MR) is 157 cm³/mol. The Hall–Kier alpha value is -0.0800. The monoisotopic (exact) mass is 481 g/mol. The van der Waals surface area contributed by atoms with Gasteiger partial charge in [0.25, 0.3) is 0 Å². The summed E-state index contributed by atoms with van der Waals surface area (Å²) in [7, 11) is 0. The van der Waals surface area contributed by atoms with E-state index >= 15 is 0 Å². The van der Waals surface area contributed by atoms with Gasteiger partial charge in [-0.3, -0.25) is 0 Å². The van der Waals surface area contributed by atoms with Gasteiger partial charge in [0.1, 0.15) is 0 Å². The van der Waals surface area contributed by atoms with E-state index in [1.807, 2.05) is 0 Å². The van der Waals surface area contributed by atoms with Crippen LogP contribution in [0.15, 0.2) is 0 Å². The van der Waals surface area contributed by atoms with Crippen molar-refractivity contribution in [2.75, 3.05) is 39.3 Å². The molecule has 0 amide bonds. The smallest absolute Gasteiger partial charge is 0.00187 e. The van der Waals surface area contributed by atoms with Gasteiger partial charge in [-0.2, -0.15) is 0 Å². The molecule has 0 N–H and O–H groups in total. The van der Waals surface area contributed by atoms with Crippen molar-refractivity contribution in [3.05, 3.63) is 0 Å². The van der Waals surface area contributed by atoms with Crippen LogP contribution in [0.4, 0.5) is 0 Å². The lowest BCUT2D eigenvalue weighted by atomic mass is 10.1. The quantitative estimate of drug-likeness (QED) is 0.0982. The van der Waals surface area contributed by atoms with E-state index in [0.29, 0.717) is 0 Å². The summed E-state index contributed by atoms with van der Waals surface area (Å²) >= 11 is 0. The maximum absolute atomic E-state index is 2.79. The Balaban J connectivity index is 3.92. The maximum Gasteiger partial charge on any atom is -0.00187 e. The Labute approximate surface area is 218 Å². The minimum Gasteiger partial charge on any atom is -0.303 e. The second kappa shape index (κ2) is 29.2. The summed E-state index contributed by atoms with van der Waals surface area (Å²) in [5, 5.41) is 0. The normalized spacial score (nSPS) is 11.8. The molecule has 0 aromatic rings. The lowest BCUT2D eigenvalue weighted by Crippen LogP contribution is -2.27. The largest absolute Gasteiger partial charge is 0.303 e. The lowest BCUT2D eigenvalue weighted by molar-refractivity contribution is 0.251. The fraction of sp³-hybridized carbons (Fsp3) is 1.00. The maximum atomic E-state index is 2.79. The molecule has 206 valence electrons. The molecular formula is C32H68N2. The van der Waals surface area contributed by atoms with Crippen molar-refractivity contribution in [1.29, 1.82) is 0 Å². The molecule has 0 aliphatic heterocycles. The first-order chi connectivity index (χ1) is 16.8. The van der Waals surface area contributed by atoms with Gasteiger partial charge in [-0.1, -0.05) is 130 Å². The number of hydrogen-bond acceptors (Lipinski definition) is 2. The topological polar surface area (TPSA) is 6.48 Å². The molecule has 0 aromatic carbocycles. The van der Waals surface area contributed by atoms with Crippen LogP contribution in [0.5, 0.6) is 0 Å². The summed E-state index contributed by atoms with van der Waals surface area (Å²) in [6, 6.07) is 0. The molecule has 0 saturated carbocycles. The van der Waals surface area contributed by atoms with Crippen molar-refractivity contribution in [3.8, 4) is 0 Å². The van der Waals surface area contributed by atoms with Crippen LogP contribution in [0.3, 0.4) is 0 Å². The molecule has 0 aliphatic carbocycles. The highest BCUT2D eigenvalue weighted by molar-refractivity contribution is 4.62. The Morgan fingerprint density at radius 2 is 0.412 bits per heavy atom. The van der Waals surface area contributed by atoms with E-state index in [9.17, 15) is 0 Å². The van der Waals surface area contributed by atoms with Gasteiger partial charge in [0.2, 0.25) is 0 Å². The fourth-order valence-electron chi connectivity index (χ4n) is 5.10. The first-order valence-electron chi connectivity index (χ1n) is 16.2. The lowest BCUT2D eigenvalue weighted by Gasteiger charge is -2.23. The summed E-state index contributed by atoms with van der Waals surface area (Å²) in [4.78, 5) is 5.58. The number of rotatable bonds is 29. The van der Waals surface area contributed by atoms with Crippen LogP contribution in [0, 0.1) is 0 Å². The molecule has 0 spiro atoms. The second-order valence-electron chi connectivity index (χ2n) is 11.0. The molecule has 34 heavy (non-hydrogen) atoms. The van der Waals surface area contributed by atoms with E-state index in [0.717, 1.165) is 0 Å². The third-order valence-electron chi connectivity index (χ3n) is 7.51. The molecule has 0 aromatic heterocycles. The summed E-state index contributed by atoms with van der Waals surface area (Å²) < 4.78 is 0. The van der Waals surface area contributed by atoms with Crippen molar-refractivity contribution < 1.29 is 0 Å². The summed E-state index contributed by atoms with van der Waals surface area (Å²) in [5.74, 6) is 0. The zero-order valence-corrected chi connectivity index (χ0v) is 24.7. The Kier molecular flexibility index (Phi) is 29.1. The van der Waals surface area contributed by atoms with Crippen LogP contribution >= 0.6 is 0 Å². The van der Waals surface area contributed by atoms with Crippen molar-refractivity contribution in [3.63, 3.8) is 0 Å². The van der Waals surface area contributed by atoms with Crippen molar-refractivity contribution >= 4 is 0 Å². The number of nitrogens with zero attached hydrogens (tertiary/aromatic N) is 2. The highest BCUT2D eigenvalue weighted by atomic mass is 15.1. The number of hydrogen-bond donors (Lipinski definition) is 0. The highest BCUT2D eigenvalue weighted by Crippen LogP contribution is 2.11. The molecule has 0 aliphatic rings. The Morgan fingerprint density at radius 3 is 0.618 bits per heavy atom. The molecule has 0 unspecified atom stereocenters. The highest BCUT2D eigenvalue weighted by Gasteiger charge is 2.06. The fourth-order valence-corrected chi connectivity index (χ4v) is 5.10. The molecule has 0 fully saturated rings. The van der Waals surface area contributed by atoms with Crippen LogP contribution in [-0.4, -0.2) is 49.1 Å². The Bertz CT molecular complexity index is 299. The minimum absolute atomic E-state index is 1.35. The molecule has 0 bridgehead atoms. The summed E-state index contributed by atoms with van der Waals surface area (Å²) in [6.45, 7) is 17.4. The minimum atomic E-state index is 1.35. The Morgan fingerprint density at radius 1 is 0.235 bits per heavy atom. The number of unbranched alkanes of at least 4 members (excludes halogenated alkanes) is 17. The third-order valence-corrected chi connectivity index (χ3v) is 7.51. The molecule has 2 heteroatoms. The van der Waals surface area contributed by atoms with Crippen molar-refractivity contribution in [1.82, 2.24) is 9.80 Å². The van der Waals surface area contributed by atoms with Gasteiger partial charge in [0, 0.05) is 0 Å².